The van der Waals surface area contributed by atoms with Gasteiger partial charge in [-0.05, 0) is 44.6 Å². The Morgan fingerprint density at radius 3 is 2.40 bits per heavy atom. The van der Waals surface area contributed by atoms with E-state index in [1.165, 1.54) is 0 Å². The second-order valence-electron chi connectivity index (χ2n) is 13.2. The van der Waals surface area contributed by atoms with Gasteiger partial charge >= 0.3 is 0 Å². The molecule has 196 valence electrons. The molecule has 4 fully saturated rings. The van der Waals surface area contributed by atoms with E-state index >= 15 is 0 Å². The van der Waals surface area contributed by atoms with Crippen LogP contribution in [0.25, 0.3) is 0 Å². The van der Waals surface area contributed by atoms with E-state index in [0.29, 0.717) is 24.8 Å². The van der Waals surface area contributed by atoms with Gasteiger partial charge in [0.1, 0.15) is 6.10 Å². The molecule has 0 aromatic carbocycles. The fourth-order valence-electron chi connectivity index (χ4n) is 8.36. The van der Waals surface area contributed by atoms with Crippen LogP contribution in [0.5, 0.6) is 0 Å². The average molecular weight is 491 g/mol. The summed E-state index contributed by atoms with van der Waals surface area (Å²) in [5.74, 6) is -1.92. The molecule has 0 amide bonds. The van der Waals surface area contributed by atoms with Crippen molar-refractivity contribution in [2.24, 2.45) is 34.5 Å². The SMILES string of the molecule is C[C@H]([C@@H]1O[C@@H]1[C@H](C)C(C)(C)O)[C@H]1[C@@H](O)C[C@]2(O)C3=CC=C4C[C@@H](O)CC[C@]4(C)[C@H]3C(=O)[C@H](O)[C@]12C. The minimum Gasteiger partial charge on any atom is -0.393 e. The van der Waals surface area contributed by atoms with Crippen molar-refractivity contribution < 1.29 is 35.1 Å². The number of Topliss-reactive ketones (excluding diaryl/α,β-unsaturated/α-hetero) is 1. The van der Waals surface area contributed by atoms with Gasteiger partial charge in [0.25, 0.3) is 0 Å². The summed E-state index contributed by atoms with van der Waals surface area (Å²) in [6, 6.07) is 0. The van der Waals surface area contributed by atoms with Gasteiger partial charge in [0, 0.05) is 29.1 Å². The molecule has 35 heavy (non-hydrogen) atoms. The van der Waals surface area contributed by atoms with Gasteiger partial charge in [0.15, 0.2) is 5.78 Å². The molecule has 0 spiro atoms. The summed E-state index contributed by atoms with van der Waals surface area (Å²) in [5, 5.41) is 55.9. The van der Waals surface area contributed by atoms with Gasteiger partial charge in [-0.2, -0.15) is 0 Å². The van der Waals surface area contributed by atoms with Crippen molar-refractivity contribution in [3.8, 4) is 0 Å². The number of rotatable bonds is 4. The number of aliphatic hydroxyl groups excluding tert-OH is 3. The Morgan fingerprint density at radius 1 is 1.11 bits per heavy atom. The summed E-state index contributed by atoms with van der Waals surface area (Å²) >= 11 is 0. The first-order chi connectivity index (χ1) is 16.1. The predicted molar refractivity (Wildman–Crippen MR) is 129 cm³/mol. The number of epoxide rings is 1. The fourth-order valence-corrected chi connectivity index (χ4v) is 8.36. The lowest BCUT2D eigenvalue weighted by Gasteiger charge is -2.58. The summed E-state index contributed by atoms with van der Waals surface area (Å²) in [5.41, 5.74) is -2.75. The number of ketones is 1. The number of aliphatic hydroxyl groups is 5. The summed E-state index contributed by atoms with van der Waals surface area (Å²) in [7, 11) is 0. The number of carbonyl (C=O) groups excluding carboxylic acids is 1. The van der Waals surface area contributed by atoms with Crippen molar-refractivity contribution in [1.82, 2.24) is 0 Å². The third-order valence-electron chi connectivity index (χ3n) is 11.0. The zero-order valence-electron chi connectivity index (χ0n) is 21.7. The lowest BCUT2D eigenvalue weighted by molar-refractivity contribution is -0.177. The molecule has 4 aliphatic carbocycles. The largest absolute Gasteiger partial charge is 0.393 e. The van der Waals surface area contributed by atoms with Crippen molar-refractivity contribution in [3.05, 3.63) is 23.3 Å². The molecule has 1 aliphatic heterocycles. The molecule has 0 radical (unpaired) electrons. The van der Waals surface area contributed by atoms with Crippen LogP contribution in [0, 0.1) is 34.5 Å². The van der Waals surface area contributed by atoms with E-state index in [0.717, 1.165) is 5.57 Å². The first-order valence-electron chi connectivity index (χ1n) is 13.2. The predicted octanol–water partition coefficient (Wildman–Crippen LogP) is 1.89. The minimum atomic E-state index is -1.54. The highest BCUT2D eigenvalue weighted by atomic mass is 16.6. The first-order valence-corrected chi connectivity index (χ1v) is 13.2. The van der Waals surface area contributed by atoms with E-state index in [4.69, 9.17) is 4.74 Å². The lowest BCUT2D eigenvalue weighted by Crippen LogP contribution is -2.66. The monoisotopic (exact) mass is 490 g/mol. The van der Waals surface area contributed by atoms with E-state index in [1.807, 2.05) is 32.9 Å². The zero-order chi connectivity index (χ0) is 25.9. The molecule has 7 heteroatoms. The highest BCUT2D eigenvalue weighted by Crippen LogP contribution is 2.67. The van der Waals surface area contributed by atoms with Crippen molar-refractivity contribution in [2.75, 3.05) is 0 Å². The number of ether oxygens (including phenoxy) is 1. The fraction of sp³-hybridized carbons (Fsp3) is 0.821. The van der Waals surface area contributed by atoms with E-state index in [9.17, 15) is 30.3 Å². The molecule has 3 saturated carbocycles. The van der Waals surface area contributed by atoms with Gasteiger partial charge in [-0.3, -0.25) is 4.79 Å². The minimum absolute atomic E-state index is 0.0471. The van der Waals surface area contributed by atoms with Crippen LogP contribution in [0.2, 0.25) is 0 Å². The quantitative estimate of drug-likeness (QED) is 0.380. The van der Waals surface area contributed by atoms with Crippen molar-refractivity contribution in [1.29, 1.82) is 0 Å². The van der Waals surface area contributed by atoms with Gasteiger partial charge < -0.3 is 30.3 Å². The van der Waals surface area contributed by atoms with Crippen LogP contribution in [0.3, 0.4) is 0 Å². The number of allylic oxidation sites excluding steroid dienone is 2. The molecule has 5 N–H and O–H groups in total. The van der Waals surface area contributed by atoms with Gasteiger partial charge in [0.05, 0.1) is 41.5 Å². The topological polar surface area (TPSA) is 131 Å². The van der Waals surface area contributed by atoms with E-state index < -0.39 is 52.2 Å². The van der Waals surface area contributed by atoms with Crippen molar-refractivity contribution in [3.63, 3.8) is 0 Å². The van der Waals surface area contributed by atoms with Gasteiger partial charge in [-0.15, -0.1) is 0 Å². The van der Waals surface area contributed by atoms with Crippen LogP contribution >= 0.6 is 0 Å². The third-order valence-corrected chi connectivity index (χ3v) is 11.0. The summed E-state index contributed by atoms with van der Waals surface area (Å²) in [4.78, 5) is 13.9. The van der Waals surface area contributed by atoms with Crippen LogP contribution in [0.1, 0.15) is 67.2 Å². The first kappa shape index (κ1) is 25.6. The summed E-state index contributed by atoms with van der Waals surface area (Å²) < 4.78 is 5.98. The van der Waals surface area contributed by atoms with E-state index in [2.05, 4.69) is 0 Å². The van der Waals surface area contributed by atoms with Crippen molar-refractivity contribution in [2.45, 2.75) is 109 Å². The molecule has 0 aromatic rings. The maximum Gasteiger partial charge on any atom is 0.170 e. The molecule has 7 nitrogen and oxygen atoms in total. The second kappa shape index (κ2) is 7.71. The number of hydrogen-bond acceptors (Lipinski definition) is 7. The van der Waals surface area contributed by atoms with E-state index in [-0.39, 0.29) is 36.2 Å². The van der Waals surface area contributed by atoms with E-state index in [1.54, 1.807) is 20.8 Å². The Kier molecular flexibility index (Phi) is 5.63. The molecular weight excluding hydrogens is 448 g/mol. The third kappa shape index (κ3) is 3.28. The van der Waals surface area contributed by atoms with Crippen LogP contribution in [0.15, 0.2) is 23.3 Å². The highest BCUT2D eigenvalue weighted by Gasteiger charge is 2.74. The molecule has 1 heterocycles. The Bertz CT molecular complexity index is 980. The van der Waals surface area contributed by atoms with Crippen molar-refractivity contribution >= 4 is 5.78 Å². The van der Waals surface area contributed by atoms with Crippen LogP contribution in [-0.4, -0.2) is 73.0 Å². The maximum atomic E-state index is 13.9. The standard InChI is InChI=1S/C28H42O7/c1-13(22-23(35-22)14(2)25(3,4)33)19-18(30)12-28(34)17-8-7-15-11-16(29)9-10-26(15,5)20(17)21(31)24(32)27(19,28)6/h7-8,13-14,16,18-20,22-24,29-30,32-34H,9-12H2,1-6H3/t13-,14-,16-,18-,19-,20+,22-,23+,24-,26-,27-,28-/m0/s1. The van der Waals surface area contributed by atoms with Gasteiger partial charge in [-0.25, -0.2) is 0 Å². The molecular formula is C28H42O7. The van der Waals surface area contributed by atoms with Gasteiger partial charge in [-0.1, -0.05) is 45.4 Å². The average Bonchev–Trinajstić information content (AvgIpc) is 3.52. The maximum absolute atomic E-state index is 13.9. The Balaban J connectivity index is 1.53. The number of fused-ring (bicyclic) bond motifs is 5. The Hall–Kier alpha value is -1.09. The molecule has 12 atom stereocenters. The number of carbonyl (C=O) groups is 1. The normalized spacial score (nSPS) is 50.9. The Morgan fingerprint density at radius 2 is 1.77 bits per heavy atom. The van der Waals surface area contributed by atoms with Crippen LogP contribution in [-0.2, 0) is 9.53 Å². The highest BCUT2D eigenvalue weighted by molar-refractivity contribution is 5.93. The van der Waals surface area contributed by atoms with Gasteiger partial charge in [0.2, 0.25) is 0 Å². The zero-order valence-corrected chi connectivity index (χ0v) is 21.7. The second-order valence-corrected chi connectivity index (χ2v) is 13.2. The molecule has 0 aromatic heterocycles. The smallest absolute Gasteiger partial charge is 0.170 e. The summed E-state index contributed by atoms with van der Waals surface area (Å²) in [6.45, 7) is 11.1. The summed E-state index contributed by atoms with van der Waals surface area (Å²) in [6.07, 6.45) is 2.22. The van der Waals surface area contributed by atoms with Crippen LogP contribution in [0.4, 0.5) is 0 Å². The molecule has 0 bridgehead atoms. The molecule has 5 aliphatic rings. The van der Waals surface area contributed by atoms with Crippen LogP contribution < -0.4 is 0 Å². The number of hydrogen-bond donors (Lipinski definition) is 5. The molecule has 1 saturated heterocycles. The Labute approximate surface area is 207 Å². The lowest BCUT2D eigenvalue weighted by atomic mass is 9.47. The molecule has 5 rings (SSSR count). The molecule has 0 unspecified atom stereocenters.